The maximum absolute atomic E-state index is 10.5. The van der Waals surface area contributed by atoms with Gasteiger partial charge in [-0.15, -0.1) is 0 Å². The summed E-state index contributed by atoms with van der Waals surface area (Å²) in [5.41, 5.74) is 0.650. The van der Waals surface area contributed by atoms with Gasteiger partial charge in [-0.25, -0.2) is 0 Å². The highest BCUT2D eigenvalue weighted by atomic mass is 79.9. The van der Waals surface area contributed by atoms with Crippen molar-refractivity contribution in [2.45, 2.75) is 6.10 Å². The number of carbonyl (C=O) groups is 2. The Hall–Kier alpha value is -1.16. The summed E-state index contributed by atoms with van der Waals surface area (Å²) < 4.78 is 5.40. The molecule has 0 aliphatic heterocycles. The van der Waals surface area contributed by atoms with Gasteiger partial charge in [0.05, 0.1) is 0 Å². The van der Waals surface area contributed by atoms with E-state index in [1.165, 1.54) is 0 Å². The van der Waals surface area contributed by atoms with E-state index < -0.39 is 6.10 Å². The van der Waals surface area contributed by atoms with E-state index in [4.69, 9.17) is 0 Å². The largest absolute Gasteiger partial charge is 0.452 e. The van der Waals surface area contributed by atoms with Gasteiger partial charge in [-0.3, -0.25) is 9.59 Å². The molecular formula is C9H7BrO3. The Morgan fingerprint density at radius 2 is 2.15 bits per heavy atom. The number of halogens is 1. The molecule has 1 aromatic carbocycles. The predicted octanol–water partition coefficient (Wildman–Crippen LogP) is 1.86. The fraction of sp³-hybridized carbons (Fsp3) is 0.111. The van der Waals surface area contributed by atoms with Crippen molar-refractivity contribution in [2.75, 3.05) is 0 Å². The Bertz CT molecular complexity index is 311. The summed E-state index contributed by atoms with van der Waals surface area (Å²) in [5.74, 6) is 0. The van der Waals surface area contributed by atoms with Gasteiger partial charge in [0, 0.05) is 10.0 Å². The van der Waals surface area contributed by atoms with Gasteiger partial charge in [-0.1, -0.05) is 28.1 Å². The smallest absolute Gasteiger partial charge is 0.294 e. The van der Waals surface area contributed by atoms with Crippen LogP contribution in [0.2, 0.25) is 0 Å². The van der Waals surface area contributed by atoms with Crippen LogP contribution in [0.4, 0.5) is 0 Å². The Morgan fingerprint density at radius 1 is 1.38 bits per heavy atom. The second-order valence-electron chi connectivity index (χ2n) is 2.34. The fourth-order valence-electron chi connectivity index (χ4n) is 0.933. The SMILES string of the molecule is O=COC(C=O)c1cccc(Br)c1. The van der Waals surface area contributed by atoms with Crippen LogP contribution < -0.4 is 0 Å². The molecule has 0 saturated heterocycles. The summed E-state index contributed by atoms with van der Waals surface area (Å²) in [5, 5.41) is 0. The van der Waals surface area contributed by atoms with E-state index in [1.54, 1.807) is 18.2 Å². The van der Waals surface area contributed by atoms with Crippen molar-refractivity contribution in [3.8, 4) is 0 Å². The summed E-state index contributed by atoms with van der Waals surface area (Å²) in [7, 11) is 0. The highest BCUT2D eigenvalue weighted by Gasteiger charge is 2.10. The van der Waals surface area contributed by atoms with Crippen molar-refractivity contribution in [1.82, 2.24) is 0 Å². The highest BCUT2D eigenvalue weighted by Crippen LogP contribution is 2.18. The van der Waals surface area contributed by atoms with Gasteiger partial charge >= 0.3 is 0 Å². The van der Waals surface area contributed by atoms with Gasteiger partial charge in [-0.05, 0) is 12.1 Å². The lowest BCUT2D eigenvalue weighted by molar-refractivity contribution is -0.139. The number of rotatable bonds is 4. The average Bonchev–Trinajstić information content (AvgIpc) is 2.14. The fourth-order valence-corrected chi connectivity index (χ4v) is 1.35. The molecule has 1 unspecified atom stereocenters. The predicted molar refractivity (Wildman–Crippen MR) is 50.1 cm³/mol. The van der Waals surface area contributed by atoms with Crippen molar-refractivity contribution < 1.29 is 14.3 Å². The zero-order chi connectivity index (χ0) is 9.68. The minimum Gasteiger partial charge on any atom is -0.452 e. The first-order valence-electron chi connectivity index (χ1n) is 3.58. The van der Waals surface area contributed by atoms with Gasteiger partial charge in [0.25, 0.3) is 6.47 Å². The van der Waals surface area contributed by atoms with Crippen LogP contribution in [0.25, 0.3) is 0 Å². The molecule has 0 aromatic heterocycles. The van der Waals surface area contributed by atoms with Gasteiger partial charge in [0.15, 0.2) is 12.4 Å². The minimum absolute atomic E-state index is 0.264. The third-order valence-corrected chi connectivity index (χ3v) is 2.00. The van der Waals surface area contributed by atoms with Crippen molar-refractivity contribution in [3.63, 3.8) is 0 Å². The lowest BCUT2D eigenvalue weighted by Crippen LogP contribution is -2.03. The summed E-state index contributed by atoms with van der Waals surface area (Å²) in [6.45, 7) is 0.264. The quantitative estimate of drug-likeness (QED) is 0.758. The number of benzene rings is 1. The first kappa shape index (κ1) is 9.92. The molecular weight excluding hydrogens is 236 g/mol. The first-order chi connectivity index (χ1) is 6.27. The molecule has 3 nitrogen and oxygen atoms in total. The molecule has 4 heteroatoms. The normalized spacial score (nSPS) is 11.8. The number of carbonyl (C=O) groups excluding carboxylic acids is 2. The molecule has 0 radical (unpaired) electrons. The first-order valence-corrected chi connectivity index (χ1v) is 4.37. The molecule has 68 valence electrons. The van der Waals surface area contributed by atoms with E-state index in [1.807, 2.05) is 6.07 Å². The molecule has 13 heavy (non-hydrogen) atoms. The third kappa shape index (κ3) is 2.66. The lowest BCUT2D eigenvalue weighted by atomic mass is 10.1. The van der Waals surface area contributed by atoms with Crippen LogP contribution in [-0.4, -0.2) is 12.8 Å². The molecule has 0 N–H and O–H groups in total. The van der Waals surface area contributed by atoms with Crippen molar-refractivity contribution in [3.05, 3.63) is 34.3 Å². The summed E-state index contributed by atoms with van der Waals surface area (Å²) in [6.07, 6.45) is -0.231. The Balaban J connectivity index is 2.90. The van der Waals surface area contributed by atoms with Crippen molar-refractivity contribution in [1.29, 1.82) is 0 Å². The number of hydrogen-bond donors (Lipinski definition) is 0. The molecule has 0 aliphatic rings. The lowest BCUT2D eigenvalue weighted by Gasteiger charge is -2.07. The standard InChI is InChI=1S/C9H7BrO3/c10-8-3-1-2-7(4-8)9(5-11)13-6-12/h1-6,9H. The Kier molecular flexibility index (Phi) is 3.64. The van der Waals surface area contributed by atoms with Crippen molar-refractivity contribution in [2.24, 2.45) is 0 Å². The molecule has 0 saturated carbocycles. The van der Waals surface area contributed by atoms with Crippen LogP contribution in [0.15, 0.2) is 28.7 Å². The van der Waals surface area contributed by atoms with Crippen LogP contribution in [-0.2, 0) is 14.3 Å². The topological polar surface area (TPSA) is 43.4 Å². The molecule has 0 aliphatic carbocycles. The number of aldehydes is 1. The molecule has 0 bridgehead atoms. The van der Waals surface area contributed by atoms with E-state index in [-0.39, 0.29) is 6.47 Å². The maximum Gasteiger partial charge on any atom is 0.294 e. The molecule has 0 fully saturated rings. The van der Waals surface area contributed by atoms with E-state index in [2.05, 4.69) is 20.7 Å². The monoisotopic (exact) mass is 242 g/mol. The minimum atomic E-state index is -0.810. The second kappa shape index (κ2) is 4.77. The van der Waals surface area contributed by atoms with Gasteiger partial charge in [-0.2, -0.15) is 0 Å². The average molecular weight is 243 g/mol. The van der Waals surface area contributed by atoms with Crippen LogP contribution in [0, 0.1) is 0 Å². The van der Waals surface area contributed by atoms with Crippen LogP contribution in [0.5, 0.6) is 0 Å². The molecule has 0 spiro atoms. The molecule has 1 rings (SSSR count). The maximum atomic E-state index is 10.5. The van der Waals surface area contributed by atoms with E-state index >= 15 is 0 Å². The third-order valence-electron chi connectivity index (χ3n) is 1.50. The zero-order valence-corrected chi connectivity index (χ0v) is 8.23. The van der Waals surface area contributed by atoms with E-state index in [0.717, 1.165) is 4.47 Å². The van der Waals surface area contributed by atoms with Gasteiger partial charge in [0.1, 0.15) is 0 Å². The highest BCUT2D eigenvalue weighted by molar-refractivity contribution is 9.10. The number of hydrogen-bond acceptors (Lipinski definition) is 3. The summed E-state index contributed by atoms with van der Waals surface area (Å²) >= 11 is 3.25. The molecule has 0 amide bonds. The number of ether oxygens (including phenoxy) is 1. The van der Waals surface area contributed by atoms with Gasteiger partial charge in [0.2, 0.25) is 0 Å². The second-order valence-corrected chi connectivity index (χ2v) is 3.26. The summed E-state index contributed by atoms with van der Waals surface area (Å²) in [4.78, 5) is 20.5. The molecule has 0 heterocycles. The van der Waals surface area contributed by atoms with Gasteiger partial charge < -0.3 is 4.74 Å². The van der Waals surface area contributed by atoms with E-state index in [0.29, 0.717) is 11.8 Å². The molecule has 1 atom stereocenters. The summed E-state index contributed by atoms with van der Waals surface area (Å²) in [6, 6.07) is 7.03. The van der Waals surface area contributed by atoms with E-state index in [9.17, 15) is 9.59 Å². The Labute approximate surface area is 83.8 Å². The Morgan fingerprint density at radius 3 is 2.69 bits per heavy atom. The zero-order valence-electron chi connectivity index (χ0n) is 6.64. The van der Waals surface area contributed by atoms with Crippen LogP contribution in [0.3, 0.4) is 0 Å². The van der Waals surface area contributed by atoms with Crippen LogP contribution >= 0.6 is 15.9 Å². The van der Waals surface area contributed by atoms with Crippen LogP contribution in [0.1, 0.15) is 11.7 Å². The molecule has 1 aromatic rings. The van der Waals surface area contributed by atoms with Crippen molar-refractivity contribution >= 4 is 28.7 Å².